The molecule has 0 spiro atoms. The van der Waals surface area contributed by atoms with E-state index in [1.807, 2.05) is 4.90 Å². The molecule has 0 unspecified atom stereocenters. The molecule has 0 saturated carbocycles. The second kappa shape index (κ2) is 8.52. The van der Waals surface area contributed by atoms with Crippen LogP contribution in [0.4, 0.5) is 17.6 Å². The van der Waals surface area contributed by atoms with Gasteiger partial charge in [-0.25, -0.2) is 27.3 Å². The third kappa shape index (κ3) is 4.49. The number of hydrogen-bond acceptors (Lipinski definition) is 5. The van der Waals surface area contributed by atoms with Crippen molar-refractivity contribution in [3.63, 3.8) is 0 Å². The number of halogens is 4. The van der Waals surface area contributed by atoms with Crippen molar-refractivity contribution in [1.29, 1.82) is 0 Å². The molecule has 1 aliphatic heterocycles. The average Bonchev–Trinajstić information content (AvgIpc) is 3.29. The Labute approximate surface area is 166 Å². The van der Waals surface area contributed by atoms with Gasteiger partial charge in [0.05, 0.1) is 16.5 Å². The van der Waals surface area contributed by atoms with Crippen molar-refractivity contribution in [2.24, 2.45) is 0 Å². The summed E-state index contributed by atoms with van der Waals surface area (Å²) in [5.74, 6) is -0.970. The van der Waals surface area contributed by atoms with Crippen LogP contribution in [-0.4, -0.2) is 48.8 Å². The van der Waals surface area contributed by atoms with Gasteiger partial charge in [-0.2, -0.15) is 5.10 Å². The van der Waals surface area contributed by atoms with Crippen molar-refractivity contribution in [2.75, 3.05) is 13.1 Å². The zero-order valence-corrected chi connectivity index (χ0v) is 16.0. The smallest absolute Gasteiger partial charge is 0.355 e. The van der Waals surface area contributed by atoms with Crippen LogP contribution in [0.25, 0.3) is 0 Å². The van der Waals surface area contributed by atoms with E-state index in [1.165, 1.54) is 16.7 Å². The van der Waals surface area contributed by atoms with Crippen LogP contribution in [0.5, 0.6) is 0 Å². The predicted molar refractivity (Wildman–Crippen MR) is 97.4 cm³/mol. The maximum Gasteiger partial charge on any atom is 0.355 e. The Hall–Kier alpha value is -2.08. The van der Waals surface area contributed by atoms with Crippen LogP contribution in [0.15, 0.2) is 11.4 Å². The fourth-order valence-electron chi connectivity index (χ4n) is 3.04. The molecule has 2 aromatic heterocycles. The fraction of sp³-hybridized carbons (Fsp3) is 0.500. The molecule has 2 aromatic rings. The highest BCUT2D eigenvalue weighted by atomic mass is 32.1. The van der Waals surface area contributed by atoms with E-state index in [1.54, 1.807) is 0 Å². The van der Waals surface area contributed by atoms with Crippen LogP contribution >= 0.6 is 23.6 Å². The summed E-state index contributed by atoms with van der Waals surface area (Å²) in [6.45, 7) is 0.906. The molecule has 0 aliphatic carbocycles. The molecule has 3 heterocycles. The van der Waals surface area contributed by atoms with E-state index in [4.69, 9.17) is 17.3 Å². The van der Waals surface area contributed by atoms with Gasteiger partial charge in [0.25, 0.3) is 12.9 Å². The molecule has 1 saturated heterocycles. The molecule has 28 heavy (non-hydrogen) atoms. The summed E-state index contributed by atoms with van der Waals surface area (Å²) in [5, 5.41) is 14.8. The van der Waals surface area contributed by atoms with Crippen molar-refractivity contribution in [1.82, 2.24) is 19.7 Å². The third-order valence-electron chi connectivity index (χ3n) is 4.50. The number of rotatable bonds is 6. The number of carboxylic acid groups (broad SMARTS) is 1. The first-order valence-corrected chi connectivity index (χ1v) is 9.65. The van der Waals surface area contributed by atoms with E-state index in [9.17, 15) is 22.4 Å². The highest BCUT2D eigenvalue weighted by Crippen LogP contribution is 2.31. The third-order valence-corrected chi connectivity index (χ3v) is 5.89. The van der Waals surface area contributed by atoms with Gasteiger partial charge in [-0.05, 0) is 18.9 Å². The van der Waals surface area contributed by atoms with E-state index in [2.05, 4.69) is 10.1 Å². The summed E-state index contributed by atoms with van der Waals surface area (Å²) in [4.78, 5) is 17.2. The second-order valence-corrected chi connectivity index (χ2v) is 7.65. The minimum atomic E-state index is -2.93. The number of nitrogens with zero attached hydrogens (tertiary/aromatic N) is 4. The van der Waals surface area contributed by atoms with Gasteiger partial charge < -0.3 is 10.0 Å². The highest BCUT2D eigenvalue weighted by molar-refractivity contribution is 7.80. The van der Waals surface area contributed by atoms with E-state index in [0.29, 0.717) is 37.0 Å². The molecule has 0 amide bonds. The second-order valence-electron chi connectivity index (χ2n) is 6.28. The molecule has 1 fully saturated rings. The first-order valence-electron chi connectivity index (χ1n) is 8.36. The molecule has 0 radical (unpaired) electrons. The quantitative estimate of drug-likeness (QED) is 0.543. The first-order chi connectivity index (χ1) is 13.3. The monoisotopic (exact) mass is 436 g/mol. The number of likely N-dealkylation sites (tertiary alicyclic amines) is 1. The lowest BCUT2D eigenvalue weighted by molar-refractivity contribution is 0.0691. The highest BCUT2D eigenvalue weighted by Gasteiger charge is 2.27. The number of carbonyl (C=O) groups is 1. The van der Waals surface area contributed by atoms with Crippen LogP contribution in [-0.2, 0) is 6.54 Å². The van der Waals surface area contributed by atoms with E-state index in [0.717, 1.165) is 9.69 Å². The Morgan fingerprint density at radius 2 is 1.96 bits per heavy atom. The zero-order valence-electron chi connectivity index (χ0n) is 14.4. The topological polar surface area (TPSA) is 71.2 Å². The van der Waals surface area contributed by atoms with Gasteiger partial charge in [0.2, 0.25) is 0 Å². The Morgan fingerprint density at radius 3 is 2.50 bits per heavy atom. The minimum Gasteiger partial charge on any atom is -0.476 e. The number of alkyl halides is 4. The fourth-order valence-corrected chi connectivity index (χ4v) is 4.31. The van der Waals surface area contributed by atoms with Crippen molar-refractivity contribution < 1.29 is 27.5 Å². The minimum absolute atomic E-state index is 0.0194. The number of hydrogen-bond donors (Lipinski definition) is 1. The van der Waals surface area contributed by atoms with Crippen LogP contribution in [0.3, 0.4) is 0 Å². The summed E-state index contributed by atoms with van der Waals surface area (Å²) in [5.41, 5.74) is -1.27. The van der Waals surface area contributed by atoms with E-state index in [-0.39, 0.29) is 18.2 Å². The molecule has 1 aliphatic rings. The SMILES string of the molecule is O=C(O)c1csc(C2CCN(C(=S)Cn3nc(C(F)F)cc3C(F)F)CC2)n1. The lowest BCUT2D eigenvalue weighted by atomic mass is 9.97. The van der Waals surface area contributed by atoms with Gasteiger partial charge in [0, 0.05) is 24.4 Å². The average molecular weight is 436 g/mol. The number of thiazole rings is 1. The van der Waals surface area contributed by atoms with Crippen molar-refractivity contribution in [2.45, 2.75) is 38.2 Å². The van der Waals surface area contributed by atoms with Crippen molar-refractivity contribution >= 4 is 34.5 Å². The van der Waals surface area contributed by atoms with Crippen molar-refractivity contribution in [3.05, 3.63) is 33.5 Å². The number of piperidine rings is 1. The molecule has 152 valence electrons. The molecule has 0 bridgehead atoms. The van der Waals surface area contributed by atoms with Crippen LogP contribution in [0, 0.1) is 0 Å². The number of aromatic nitrogens is 3. The Kier molecular flexibility index (Phi) is 6.28. The van der Waals surface area contributed by atoms with Gasteiger partial charge in [0.1, 0.15) is 11.4 Å². The lowest BCUT2D eigenvalue weighted by Gasteiger charge is -2.33. The summed E-state index contributed by atoms with van der Waals surface area (Å²) < 4.78 is 52.5. The Morgan fingerprint density at radius 1 is 1.29 bits per heavy atom. The molecular weight excluding hydrogens is 420 g/mol. The standard InChI is InChI=1S/C16H16F4N4O2S2/c17-13(18)9-5-11(14(19)20)24(22-9)6-12(27)23-3-1-8(2-4-23)15-21-10(7-28-15)16(25)26/h5,7-8,13-14H,1-4,6H2,(H,25,26). The molecule has 1 N–H and O–H groups in total. The number of thiocarbonyl (C=S) groups is 1. The first kappa shape index (κ1) is 20.6. The van der Waals surface area contributed by atoms with Gasteiger partial charge in [-0.1, -0.05) is 12.2 Å². The molecule has 6 nitrogen and oxygen atoms in total. The van der Waals surface area contributed by atoms with Gasteiger partial charge in [0.15, 0.2) is 5.69 Å². The molecular formula is C16H16F4N4O2S2. The summed E-state index contributed by atoms with van der Waals surface area (Å²) >= 11 is 6.61. The van der Waals surface area contributed by atoms with Gasteiger partial charge in [-0.3, -0.25) is 4.68 Å². The van der Waals surface area contributed by atoms with Crippen LogP contribution in [0.1, 0.15) is 58.5 Å². The Bertz CT molecular complexity index is 863. The largest absolute Gasteiger partial charge is 0.476 e. The van der Waals surface area contributed by atoms with E-state index >= 15 is 0 Å². The van der Waals surface area contributed by atoms with Gasteiger partial charge in [-0.15, -0.1) is 11.3 Å². The molecule has 3 rings (SSSR count). The lowest BCUT2D eigenvalue weighted by Crippen LogP contribution is -2.39. The van der Waals surface area contributed by atoms with Crippen molar-refractivity contribution in [3.8, 4) is 0 Å². The van der Waals surface area contributed by atoms with Crippen LogP contribution < -0.4 is 0 Å². The van der Waals surface area contributed by atoms with Gasteiger partial charge >= 0.3 is 5.97 Å². The number of carboxylic acids is 1. The molecule has 0 atom stereocenters. The van der Waals surface area contributed by atoms with Crippen LogP contribution in [0.2, 0.25) is 0 Å². The maximum atomic E-state index is 13.1. The summed E-state index contributed by atoms with van der Waals surface area (Å²) in [6.07, 6.45) is -4.51. The molecule has 12 heteroatoms. The predicted octanol–water partition coefficient (Wildman–Crippen LogP) is 4.12. The maximum absolute atomic E-state index is 13.1. The Balaban J connectivity index is 1.62. The zero-order chi connectivity index (χ0) is 20.4. The summed E-state index contributed by atoms with van der Waals surface area (Å²) in [7, 11) is 0. The number of aromatic carboxylic acids is 1. The summed E-state index contributed by atoms with van der Waals surface area (Å²) in [6, 6.07) is 0.701. The normalized spacial score (nSPS) is 15.6. The van der Waals surface area contributed by atoms with E-state index < -0.39 is 30.2 Å². The molecule has 0 aromatic carbocycles.